The minimum Gasteiger partial charge on any atom is -0.313 e. The summed E-state index contributed by atoms with van der Waals surface area (Å²) in [6.45, 7) is 1.91. The van der Waals surface area contributed by atoms with E-state index in [2.05, 4.69) is 10.0 Å². The average Bonchev–Trinajstić information content (AvgIpc) is 2.37. The Kier molecular flexibility index (Phi) is 6.78. The van der Waals surface area contributed by atoms with Crippen LogP contribution >= 0.6 is 35.6 Å². The third-order valence-electron chi connectivity index (χ3n) is 2.83. The smallest absolute Gasteiger partial charge is 0.243 e. The summed E-state index contributed by atoms with van der Waals surface area (Å²) in [5, 5.41) is 3.41. The van der Waals surface area contributed by atoms with Crippen molar-refractivity contribution in [2.24, 2.45) is 0 Å². The average molecular weight is 358 g/mol. The van der Waals surface area contributed by atoms with E-state index in [1.807, 2.05) is 6.08 Å². The van der Waals surface area contributed by atoms with Gasteiger partial charge in [-0.3, -0.25) is 0 Å². The van der Waals surface area contributed by atoms with Gasteiger partial charge in [-0.2, -0.15) is 0 Å². The molecule has 0 amide bonds. The van der Waals surface area contributed by atoms with Gasteiger partial charge in [-0.15, -0.1) is 12.4 Å². The summed E-state index contributed by atoms with van der Waals surface area (Å²) in [4.78, 5) is -0.0622. The molecule has 0 saturated heterocycles. The van der Waals surface area contributed by atoms with Crippen LogP contribution in [0.2, 0.25) is 10.0 Å². The lowest BCUT2D eigenvalue weighted by molar-refractivity contribution is 0.582. The van der Waals surface area contributed by atoms with Gasteiger partial charge >= 0.3 is 0 Å². The molecule has 0 aliphatic carbocycles. The molecular weight excluding hydrogens is 343 g/mol. The van der Waals surface area contributed by atoms with Gasteiger partial charge in [-0.1, -0.05) is 40.9 Å². The van der Waals surface area contributed by atoms with E-state index < -0.39 is 10.0 Å². The summed E-state index contributed by atoms with van der Waals surface area (Å²) < 4.78 is 26.9. The molecule has 0 atom stereocenters. The van der Waals surface area contributed by atoms with Crippen LogP contribution in [0.3, 0.4) is 0 Å². The van der Waals surface area contributed by atoms with Crippen molar-refractivity contribution in [2.45, 2.75) is 11.3 Å². The van der Waals surface area contributed by atoms with Gasteiger partial charge in [-0.05, 0) is 25.1 Å². The Hall–Kier alpha value is -0.300. The topological polar surface area (TPSA) is 58.2 Å². The largest absolute Gasteiger partial charge is 0.313 e. The van der Waals surface area contributed by atoms with Crippen LogP contribution in [0.1, 0.15) is 6.42 Å². The van der Waals surface area contributed by atoms with Crippen LogP contribution in [0.25, 0.3) is 0 Å². The molecule has 4 nitrogen and oxygen atoms in total. The normalized spacial score (nSPS) is 15.4. The van der Waals surface area contributed by atoms with E-state index in [0.717, 1.165) is 25.1 Å². The first-order chi connectivity index (χ1) is 9.00. The van der Waals surface area contributed by atoms with Gasteiger partial charge in [0, 0.05) is 13.1 Å². The maximum Gasteiger partial charge on any atom is 0.243 e. The number of hydrogen-bond acceptors (Lipinski definition) is 3. The van der Waals surface area contributed by atoms with Crippen molar-refractivity contribution >= 4 is 45.6 Å². The minimum atomic E-state index is -3.70. The lowest BCUT2D eigenvalue weighted by atomic mass is 10.1. The molecule has 112 valence electrons. The van der Waals surface area contributed by atoms with E-state index in [-0.39, 0.29) is 33.9 Å². The molecule has 2 N–H and O–H groups in total. The van der Waals surface area contributed by atoms with E-state index >= 15 is 0 Å². The second-order valence-electron chi connectivity index (χ2n) is 4.19. The van der Waals surface area contributed by atoms with Crippen LogP contribution in [0.15, 0.2) is 34.7 Å². The molecule has 8 heteroatoms. The van der Waals surface area contributed by atoms with Gasteiger partial charge in [0.1, 0.15) is 4.90 Å². The van der Waals surface area contributed by atoms with Crippen molar-refractivity contribution in [3.63, 3.8) is 0 Å². The maximum absolute atomic E-state index is 12.2. The predicted molar refractivity (Wildman–Crippen MR) is 84.5 cm³/mol. The molecule has 20 heavy (non-hydrogen) atoms. The Labute approximate surface area is 135 Å². The molecule has 0 radical (unpaired) electrons. The molecule has 0 aromatic heterocycles. The monoisotopic (exact) mass is 356 g/mol. The highest BCUT2D eigenvalue weighted by atomic mass is 35.5. The molecule has 0 bridgehead atoms. The highest BCUT2D eigenvalue weighted by molar-refractivity contribution is 7.89. The van der Waals surface area contributed by atoms with E-state index in [9.17, 15) is 8.42 Å². The Bertz CT molecular complexity index is 582. The Morgan fingerprint density at radius 1 is 1.25 bits per heavy atom. The fraction of sp³-hybridized carbons (Fsp3) is 0.333. The third kappa shape index (κ3) is 4.35. The number of rotatable bonds is 4. The highest BCUT2D eigenvalue weighted by Crippen LogP contribution is 2.28. The van der Waals surface area contributed by atoms with Crippen molar-refractivity contribution in [3.05, 3.63) is 39.9 Å². The predicted octanol–water partition coefficient (Wildman–Crippen LogP) is 2.61. The van der Waals surface area contributed by atoms with Gasteiger partial charge in [-0.25, -0.2) is 13.1 Å². The summed E-state index contributed by atoms with van der Waals surface area (Å²) in [6, 6.07) is 4.62. The zero-order chi connectivity index (χ0) is 13.9. The molecule has 0 fully saturated rings. The molecule has 1 aromatic carbocycles. The number of benzene rings is 1. The van der Waals surface area contributed by atoms with Crippen LogP contribution in [-0.4, -0.2) is 28.1 Å². The maximum atomic E-state index is 12.2. The molecule has 2 rings (SSSR count). The van der Waals surface area contributed by atoms with Gasteiger partial charge < -0.3 is 5.32 Å². The molecule has 0 spiro atoms. The number of hydrogen-bond donors (Lipinski definition) is 2. The summed E-state index contributed by atoms with van der Waals surface area (Å²) >= 11 is 11.8. The SMILES string of the molecule is Cl.O=S(=O)(NCC1=CCNCC1)c1c(Cl)cccc1Cl. The third-order valence-corrected chi connectivity index (χ3v) is 5.19. The number of sulfonamides is 1. The second-order valence-corrected chi connectivity index (χ2v) is 6.71. The van der Waals surface area contributed by atoms with Crippen molar-refractivity contribution in [2.75, 3.05) is 19.6 Å². The van der Waals surface area contributed by atoms with Crippen LogP contribution < -0.4 is 10.0 Å². The number of nitrogens with one attached hydrogen (secondary N) is 2. The Morgan fingerprint density at radius 2 is 1.90 bits per heavy atom. The van der Waals surface area contributed by atoms with Gasteiger partial charge in [0.15, 0.2) is 0 Å². The lowest BCUT2D eigenvalue weighted by Gasteiger charge is -2.15. The Morgan fingerprint density at radius 3 is 2.45 bits per heavy atom. The van der Waals surface area contributed by atoms with E-state index in [1.54, 1.807) is 6.07 Å². The molecule has 1 aliphatic rings. The Balaban J connectivity index is 0.00000200. The first-order valence-corrected chi connectivity index (χ1v) is 8.07. The molecule has 1 heterocycles. The minimum absolute atomic E-state index is 0. The molecule has 0 unspecified atom stereocenters. The standard InChI is InChI=1S/C12H14Cl2N2O2S.ClH/c13-10-2-1-3-11(14)12(10)19(17,18)16-8-9-4-6-15-7-5-9;/h1-4,15-16H,5-8H2;1H. The van der Waals surface area contributed by atoms with Gasteiger partial charge in [0.25, 0.3) is 0 Å². The summed E-state index contributed by atoms with van der Waals surface area (Å²) in [6.07, 6.45) is 2.82. The van der Waals surface area contributed by atoms with Crippen molar-refractivity contribution in [1.29, 1.82) is 0 Å². The van der Waals surface area contributed by atoms with Crippen LogP contribution in [-0.2, 0) is 10.0 Å². The summed E-state index contributed by atoms with van der Waals surface area (Å²) in [5.74, 6) is 0. The molecule has 1 aliphatic heterocycles. The zero-order valence-corrected chi connectivity index (χ0v) is 13.7. The van der Waals surface area contributed by atoms with Crippen molar-refractivity contribution in [3.8, 4) is 0 Å². The van der Waals surface area contributed by atoms with Crippen LogP contribution in [0.5, 0.6) is 0 Å². The van der Waals surface area contributed by atoms with E-state index in [0.29, 0.717) is 0 Å². The van der Waals surface area contributed by atoms with E-state index in [4.69, 9.17) is 23.2 Å². The van der Waals surface area contributed by atoms with Crippen molar-refractivity contribution < 1.29 is 8.42 Å². The zero-order valence-electron chi connectivity index (χ0n) is 10.5. The lowest BCUT2D eigenvalue weighted by Crippen LogP contribution is -2.30. The van der Waals surface area contributed by atoms with Gasteiger partial charge in [0.2, 0.25) is 10.0 Å². The second kappa shape index (κ2) is 7.64. The first-order valence-electron chi connectivity index (χ1n) is 5.83. The quantitative estimate of drug-likeness (QED) is 0.814. The first kappa shape index (κ1) is 17.8. The molecular formula is C12H15Cl3N2O2S. The van der Waals surface area contributed by atoms with Crippen molar-refractivity contribution in [1.82, 2.24) is 10.0 Å². The van der Waals surface area contributed by atoms with Gasteiger partial charge in [0.05, 0.1) is 10.0 Å². The number of halogens is 3. The molecule has 0 saturated carbocycles. The fourth-order valence-electron chi connectivity index (χ4n) is 1.83. The van der Waals surface area contributed by atoms with Crippen LogP contribution in [0.4, 0.5) is 0 Å². The van der Waals surface area contributed by atoms with Crippen LogP contribution in [0, 0.1) is 0 Å². The summed E-state index contributed by atoms with van der Waals surface area (Å²) in [7, 11) is -3.70. The molecule has 1 aromatic rings. The fourth-order valence-corrected chi connectivity index (χ4v) is 4.01. The van der Waals surface area contributed by atoms with E-state index in [1.165, 1.54) is 12.1 Å². The highest BCUT2D eigenvalue weighted by Gasteiger charge is 2.21. The summed E-state index contributed by atoms with van der Waals surface area (Å²) in [5.41, 5.74) is 1.06.